The van der Waals surface area contributed by atoms with Crippen LogP contribution < -0.4 is 0 Å². The van der Waals surface area contributed by atoms with Gasteiger partial charge in [-0.3, -0.25) is 9.69 Å². The molecule has 104 valence electrons. The van der Waals surface area contributed by atoms with E-state index < -0.39 is 0 Å². The number of halogens is 1. The van der Waals surface area contributed by atoms with Crippen molar-refractivity contribution in [3.8, 4) is 0 Å². The van der Waals surface area contributed by atoms with Crippen LogP contribution >= 0.6 is 11.6 Å². The molecular weight excluding hydrogens is 258 g/mol. The fourth-order valence-corrected chi connectivity index (χ4v) is 2.90. The number of ketones is 1. The number of carbonyl (C=O) groups excluding carboxylic acids is 1. The minimum absolute atomic E-state index is 0.0287. The molecule has 0 aliphatic carbocycles. The molecule has 0 radical (unpaired) electrons. The second kappa shape index (κ2) is 6.53. The monoisotopic (exact) mass is 279 g/mol. The van der Waals surface area contributed by atoms with Crippen LogP contribution in [-0.4, -0.2) is 29.8 Å². The Bertz CT molecular complexity index is 421. The molecule has 19 heavy (non-hydrogen) atoms. The Hall–Kier alpha value is -0.860. The van der Waals surface area contributed by atoms with Crippen molar-refractivity contribution in [3.63, 3.8) is 0 Å². The topological polar surface area (TPSA) is 20.3 Å². The smallest absolute Gasteiger partial charge is 0.179 e. The van der Waals surface area contributed by atoms with Crippen LogP contribution in [0.2, 0.25) is 5.02 Å². The zero-order valence-electron chi connectivity index (χ0n) is 11.7. The number of likely N-dealkylation sites (tertiary alicyclic amines) is 1. The van der Waals surface area contributed by atoms with E-state index in [4.69, 9.17) is 11.6 Å². The highest BCUT2D eigenvalue weighted by atomic mass is 35.5. The van der Waals surface area contributed by atoms with Crippen LogP contribution in [0.25, 0.3) is 0 Å². The van der Waals surface area contributed by atoms with Crippen molar-refractivity contribution in [1.82, 2.24) is 4.90 Å². The first-order valence-corrected chi connectivity index (χ1v) is 7.53. The van der Waals surface area contributed by atoms with E-state index in [0.717, 1.165) is 24.6 Å². The lowest BCUT2D eigenvalue weighted by Gasteiger charge is -2.35. The summed E-state index contributed by atoms with van der Waals surface area (Å²) in [6.45, 7) is 6.35. The van der Waals surface area contributed by atoms with E-state index >= 15 is 0 Å². The van der Waals surface area contributed by atoms with Gasteiger partial charge in [0.1, 0.15) is 0 Å². The number of rotatable bonds is 4. The molecule has 1 aromatic carbocycles. The van der Waals surface area contributed by atoms with Crippen molar-refractivity contribution in [2.24, 2.45) is 5.92 Å². The summed E-state index contributed by atoms with van der Waals surface area (Å²) in [5, 5.41) is 0.674. The molecule has 0 N–H and O–H groups in total. The van der Waals surface area contributed by atoms with E-state index in [1.165, 1.54) is 19.3 Å². The van der Waals surface area contributed by atoms with E-state index in [1.807, 2.05) is 19.1 Å². The van der Waals surface area contributed by atoms with E-state index in [1.54, 1.807) is 12.1 Å². The van der Waals surface area contributed by atoms with Crippen molar-refractivity contribution in [1.29, 1.82) is 0 Å². The number of benzene rings is 1. The molecule has 1 aliphatic rings. The Morgan fingerprint density at radius 1 is 1.32 bits per heavy atom. The lowest BCUT2D eigenvalue weighted by atomic mass is 9.92. The lowest BCUT2D eigenvalue weighted by Crippen LogP contribution is -2.43. The van der Waals surface area contributed by atoms with Gasteiger partial charge in [0.05, 0.1) is 6.04 Å². The van der Waals surface area contributed by atoms with E-state index in [-0.39, 0.29) is 11.8 Å². The third-order valence-corrected chi connectivity index (χ3v) is 4.53. The second-order valence-corrected chi connectivity index (χ2v) is 5.87. The number of nitrogens with zero attached hydrogens (tertiary/aromatic N) is 1. The Kier molecular flexibility index (Phi) is 5.00. The van der Waals surface area contributed by atoms with Gasteiger partial charge in [0.25, 0.3) is 0 Å². The Balaban J connectivity index is 1.98. The summed E-state index contributed by atoms with van der Waals surface area (Å²) < 4.78 is 0. The molecule has 3 heteroatoms. The molecule has 2 rings (SSSR count). The zero-order valence-corrected chi connectivity index (χ0v) is 12.5. The van der Waals surface area contributed by atoms with Gasteiger partial charge in [-0.15, -0.1) is 0 Å². The van der Waals surface area contributed by atoms with Gasteiger partial charge in [-0.05, 0) is 63.0 Å². The molecular formula is C16H22ClNO. The summed E-state index contributed by atoms with van der Waals surface area (Å²) in [5.74, 6) is 1.04. The fraction of sp³-hybridized carbons (Fsp3) is 0.562. The van der Waals surface area contributed by atoms with Gasteiger partial charge in [-0.1, -0.05) is 24.9 Å². The van der Waals surface area contributed by atoms with E-state index in [9.17, 15) is 4.79 Å². The third-order valence-electron chi connectivity index (χ3n) is 4.28. The summed E-state index contributed by atoms with van der Waals surface area (Å²) in [6, 6.07) is 7.18. The van der Waals surface area contributed by atoms with Crippen LogP contribution in [0.3, 0.4) is 0 Å². The molecule has 2 nitrogen and oxygen atoms in total. The highest BCUT2D eigenvalue weighted by Crippen LogP contribution is 2.22. The summed E-state index contributed by atoms with van der Waals surface area (Å²) in [4.78, 5) is 14.7. The molecule has 1 heterocycles. The van der Waals surface area contributed by atoms with Crippen LogP contribution in [0.15, 0.2) is 24.3 Å². The van der Waals surface area contributed by atoms with Crippen LogP contribution in [0, 0.1) is 5.92 Å². The Labute approximate surface area is 120 Å². The highest BCUT2D eigenvalue weighted by molar-refractivity contribution is 6.30. The number of hydrogen-bond donors (Lipinski definition) is 0. The first-order chi connectivity index (χ1) is 9.11. The minimum Gasteiger partial charge on any atom is -0.293 e. The number of carbonyl (C=O) groups is 1. The van der Waals surface area contributed by atoms with Gasteiger partial charge in [0, 0.05) is 10.6 Å². The van der Waals surface area contributed by atoms with E-state index in [2.05, 4.69) is 11.8 Å². The molecule has 0 amide bonds. The molecule has 1 fully saturated rings. The molecule has 1 saturated heterocycles. The normalized spacial score (nSPS) is 19.3. The first kappa shape index (κ1) is 14.5. The summed E-state index contributed by atoms with van der Waals surface area (Å²) >= 11 is 5.85. The van der Waals surface area contributed by atoms with Crippen LogP contribution in [-0.2, 0) is 0 Å². The van der Waals surface area contributed by atoms with Crippen molar-refractivity contribution in [2.75, 3.05) is 13.1 Å². The molecule has 0 spiro atoms. The zero-order chi connectivity index (χ0) is 13.8. The number of piperidine rings is 1. The van der Waals surface area contributed by atoms with Gasteiger partial charge in [0.2, 0.25) is 0 Å². The molecule has 0 bridgehead atoms. The second-order valence-electron chi connectivity index (χ2n) is 5.43. The molecule has 0 saturated carbocycles. The molecule has 1 aromatic rings. The maximum atomic E-state index is 12.4. The Morgan fingerprint density at radius 2 is 1.89 bits per heavy atom. The quantitative estimate of drug-likeness (QED) is 0.776. The summed E-state index contributed by atoms with van der Waals surface area (Å²) in [6.07, 6.45) is 3.69. The molecule has 1 unspecified atom stereocenters. The minimum atomic E-state index is -0.0287. The van der Waals surface area contributed by atoms with Crippen molar-refractivity contribution >= 4 is 17.4 Å². The standard InChI is InChI=1S/C16H22ClNO/c1-3-13-8-10-18(11-9-13)12(2)16(19)14-4-6-15(17)7-5-14/h4-7,12-13H,3,8-11H2,1-2H3. The number of Topliss-reactive ketones (excluding diaryl/α,β-unsaturated/α-hetero) is 1. The fourth-order valence-electron chi connectivity index (χ4n) is 2.77. The van der Waals surface area contributed by atoms with Gasteiger partial charge in [0.15, 0.2) is 5.78 Å². The first-order valence-electron chi connectivity index (χ1n) is 7.15. The largest absolute Gasteiger partial charge is 0.293 e. The summed E-state index contributed by atoms with van der Waals surface area (Å²) in [7, 11) is 0. The van der Waals surface area contributed by atoms with Crippen LogP contribution in [0.1, 0.15) is 43.5 Å². The highest BCUT2D eigenvalue weighted by Gasteiger charge is 2.26. The summed E-state index contributed by atoms with van der Waals surface area (Å²) in [5.41, 5.74) is 0.759. The number of hydrogen-bond acceptors (Lipinski definition) is 2. The van der Waals surface area contributed by atoms with Gasteiger partial charge < -0.3 is 0 Å². The van der Waals surface area contributed by atoms with E-state index in [0.29, 0.717) is 5.02 Å². The molecule has 1 atom stereocenters. The SMILES string of the molecule is CCC1CCN(C(C)C(=O)c2ccc(Cl)cc2)CC1. The van der Waals surface area contributed by atoms with Gasteiger partial charge >= 0.3 is 0 Å². The van der Waals surface area contributed by atoms with Crippen molar-refractivity contribution in [3.05, 3.63) is 34.9 Å². The maximum Gasteiger partial charge on any atom is 0.179 e. The van der Waals surface area contributed by atoms with Crippen LogP contribution in [0.4, 0.5) is 0 Å². The third kappa shape index (κ3) is 3.58. The van der Waals surface area contributed by atoms with Gasteiger partial charge in [-0.2, -0.15) is 0 Å². The maximum absolute atomic E-state index is 12.4. The van der Waals surface area contributed by atoms with Crippen molar-refractivity contribution < 1.29 is 4.79 Å². The predicted octanol–water partition coefficient (Wildman–Crippen LogP) is 4.03. The molecule has 0 aromatic heterocycles. The molecule has 1 aliphatic heterocycles. The van der Waals surface area contributed by atoms with Gasteiger partial charge in [-0.25, -0.2) is 0 Å². The van der Waals surface area contributed by atoms with Crippen molar-refractivity contribution in [2.45, 2.75) is 39.2 Å². The predicted molar refractivity (Wildman–Crippen MR) is 79.8 cm³/mol. The average molecular weight is 280 g/mol. The average Bonchev–Trinajstić information content (AvgIpc) is 2.46. The van der Waals surface area contributed by atoms with Crippen LogP contribution in [0.5, 0.6) is 0 Å². The Morgan fingerprint density at radius 3 is 2.42 bits per heavy atom. The lowest BCUT2D eigenvalue weighted by molar-refractivity contribution is 0.0769.